The molecule has 0 saturated carbocycles. The third-order valence-electron chi connectivity index (χ3n) is 2.80. The molecule has 0 radical (unpaired) electrons. The Morgan fingerprint density at radius 1 is 1.25 bits per heavy atom. The summed E-state index contributed by atoms with van der Waals surface area (Å²) >= 11 is 12.7. The summed E-state index contributed by atoms with van der Waals surface area (Å²) in [5.41, 5.74) is -2.17. The molecule has 116 valence electrons. The number of hydrogen-bond donors (Lipinski definition) is 0. The van der Waals surface area contributed by atoms with Crippen molar-refractivity contribution in [3.63, 3.8) is 0 Å². The minimum absolute atomic E-state index is 0.0955. The van der Waals surface area contributed by atoms with Crippen LogP contribution in [0.3, 0.4) is 0 Å². The first kappa shape index (κ1) is 20.1. The summed E-state index contributed by atoms with van der Waals surface area (Å²) in [6, 6.07) is 0. The zero-order valence-electron chi connectivity index (χ0n) is 13.0. The van der Waals surface area contributed by atoms with Gasteiger partial charge in [0, 0.05) is 20.5 Å². The number of carbonyl (C=O) groups is 1. The standard InChI is InChI=1S/C13H25N2OPS3/c1-6-8-9-10-11-13(16)15(5)17(19,20-7-2)14(4)12(3)18/h8-9H,6-7,10-11H2,1-5H3. The van der Waals surface area contributed by atoms with Crippen LogP contribution in [-0.2, 0) is 16.6 Å². The van der Waals surface area contributed by atoms with Gasteiger partial charge in [-0.1, -0.05) is 49.6 Å². The van der Waals surface area contributed by atoms with Gasteiger partial charge in [-0.15, -0.1) is 0 Å². The number of rotatable bonds is 8. The topological polar surface area (TPSA) is 23.6 Å². The highest BCUT2D eigenvalue weighted by Gasteiger charge is 2.31. The van der Waals surface area contributed by atoms with Gasteiger partial charge in [-0.2, -0.15) is 0 Å². The molecule has 1 atom stereocenters. The van der Waals surface area contributed by atoms with E-state index in [9.17, 15) is 4.79 Å². The van der Waals surface area contributed by atoms with Gasteiger partial charge in [0.2, 0.25) is 5.91 Å². The molecule has 1 unspecified atom stereocenters. The first-order valence-electron chi connectivity index (χ1n) is 6.72. The first-order valence-corrected chi connectivity index (χ1v) is 11.4. The molecular weight excluding hydrogens is 327 g/mol. The Kier molecular flexibility index (Phi) is 9.98. The fourth-order valence-electron chi connectivity index (χ4n) is 1.51. The fraction of sp³-hybridized carbons (Fsp3) is 0.692. The van der Waals surface area contributed by atoms with E-state index in [1.165, 1.54) is 0 Å². The Labute approximate surface area is 138 Å². The van der Waals surface area contributed by atoms with Gasteiger partial charge in [-0.25, -0.2) is 0 Å². The number of carbonyl (C=O) groups excluding carboxylic acids is 1. The molecule has 0 rings (SSSR count). The van der Waals surface area contributed by atoms with Gasteiger partial charge < -0.3 is 4.67 Å². The van der Waals surface area contributed by atoms with Crippen LogP contribution in [0.25, 0.3) is 0 Å². The van der Waals surface area contributed by atoms with E-state index in [4.69, 9.17) is 24.0 Å². The maximum absolute atomic E-state index is 12.3. The Hall–Kier alpha value is 0.1000. The van der Waals surface area contributed by atoms with Crippen LogP contribution >= 0.6 is 29.1 Å². The highest BCUT2D eigenvalue weighted by Crippen LogP contribution is 2.63. The normalized spacial score (nSPS) is 14.1. The summed E-state index contributed by atoms with van der Waals surface area (Å²) in [4.78, 5) is 13.1. The number of allylic oxidation sites excluding steroid dienone is 2. The summed E-state index contributed by atoms with van der Waals surface area (Å²) in [6.45, 7) is 5.99. The van der Waals surface area contributed by atoms with Crippen molar-refractivity contribution in [2.45, 2.75) is 40.0 Å². The molecule has 20 heavy (non-hydrogen) atoms. The van der Waals surface area contributed by atoms with E-state index >= 15 is 0 Å². The van der Waals surface area contributed by atoms with E-state index in [1.54, 1.807) is 16.1 Å². The summed E-state index contributed by atoms with van der Waals surface area (Å²) < 4.78 is 3.66. The lowest BCUT2D eigenvalue weighted by Gasteiger charge is -2.38. The average molecular weight is 353 g/mol. The molecule has 0 aromatic heterocycles. The zero-order chi connectivity index (χ0) is 15.8. The van der Waals surface area contributed by atoms with E-state index in [2.05, 4.69) is 26.0 Å². The van der Waals surface area contributed by atoms with Crippen molar-refractivity contribution >= 4 is 51.8 Å². The Morgan fingerprint density at radius 2 is 1.85 bits per heavy atom. The second kappa shape index (κ2) is 9.93. The second-order valence-corrected chi connectivity index (χ2v) is 12.4. The van der Waals surface area contributed by atoms with Crippen molar-refractivity contribution in [3.8, 4) is 0 Å². The van der Waals surface area contributed by atoms with Crippen molar-refractivity contribution in [1.29, 1.82) is 0 Å². The van der Waals surface area contributed by atoms with Crippen LogP contribution in [0, 0.1) is 0 Å². The second-order valence-electron chi connectivity index (χ2n) is 4.29. The van der Waals surface area contributed by atoms with Gasteiger partial charge in [-0.05, 0) is 37.3 Å². The minimum Gasteiger partial charge on any atom is -0.318 e. The van der Waals surface area contributed by atoms with Crippen molar-refractivity contribution in [1.82, 2.24) is 9.34 Å². The fourth-order valence-corrected chi connectivity index (χ4v) is 8.28. The van der Waals surface area contributed by atoms with Gasteiger partial charge >= 0.3 is 0 Å². The molecular formula is C13H25N2OPS3. The predicted molar refractivity (Wildman–Crippen MR) is 99.9 cm³/mol. The Balaban J connectivity index is 4.92. The van der Waals surface area contributed by atoms with Gasteiger partial charge in [-0.3, -0.25) is 9.46 Å². The van der Waals surface area contributed by atoms with E-state index in [0.29, 0.717) is 6.42 Å². The summed E-state index contributed by atoms with van der Waals surface area (Å²) in [7, 11) is 3.70. The molecule has 3 nitrogen and oxygen atoms in total. The molecule has 0 saturated heterocycles. The molecule has 0 aliphatic carbocycles. The SMILES string of the molecule is CCC=CCCC(=O)N(C)P(=S)(SCC)N(C)C(C)=S. The summed E-state index contributed by atoms with van der Waals surface area (Å²) in [5, 5.41) is 0. The predicted octanol–water partition coefficient (Wildman–Crippen LogP) is 4.45. The van der Waals surface area contributed by atoms with Crippen LogP contribution in [0.2, 0.25) is 0 Å². The quantitative estimate of drug-likeness (QED) is 0.365. The zero-order valence-corrected chi connectivity index (χ0v) is 16.3. The van der Waals surface area contributed by atoms with Crippen LogP contribution in [0.4, 0.5) is 0 Å². The maximum atomic E-state index is 12.3. The minimum atomic E-state index is -2.17. The molecule has 0 aromatic carbocycles. The third kappa shape index (κ3) is 5.84. The van der Waals surface area contributed by atoms with Crippen molar-refractivity contribution in [2.24, 2.45) is 0 Å². The monoisotopic (exact) mass is 352 g/mol. The van der Waals surface area contributed by atoms with Crippen LogP contribution in [0.15, 0.2) is 12.2 Å². The maximum Gasteiger partial charge on any atom is 0.228 e. The molecule has 7 heteroatoms. The highest BCUT2D eigenvalue weighted by molar-refractivity contribution is 8.69. The lowest BCUT2D eigenvalue weighted by molar-refractivity contribution is -0.125. The van der Waals surface area contributed by atoms with Gasteiger partial charge in [0.25, 0.3) is 0 Å². The largest absolute Gasteiger partial charge is 0.318 e. The Bertz CT molecular complexity index is 412. The highest BCUT2D eigenvalue weighted by atomic mass is 32.9. The van der Waals surface area contributed by atoms with Crippen LogP contribution < -0.4 is 0 Å². The lowest BCUT2D eigenvalue weighted by Crippen LogP contribution is -2.31. The molecule has 1 amide bonds. The first-order chi connectivity index (χ1) is 9.31. The molecule has 0 bridgehead atoms. The summed E-state index contributed by atoms with van der Waals surface area (Å²) in [5.74, 6) is 0.968. The molecule has 0 N–H and O–H groups in total. The summed E-state index contributed by atoms with van der Waals surface area (Å²) in [6.07, 6.45) is 6.40. The number of nitrogens with zero attached hydrogens (tertiary/aromatic N) is 2. The van der Waals surface area contributed by atoms with E-state index in [0.717, 1.165) is 23.6 Å². The molecule has 0 heterocycles. The van der Waals surface area contributed by atoms with Gasteiger partial charge in [0.15, 0.2) is 5.54 Å². The lowest BCUT2D eigenvalue weighted by atomic mass is 10.2. The van der Waals surface area contributed by atoms with E-state index in [-0.39, 0.29) is 5.91 Å². The number of amides is 1. The van der Waals surface area contributed by atoms with Gasteiger partial charge in [0.05, 0.1) is 4.99 Å². The third-order valence-corrected chi connectivity index (χ3v) is 11.5. The van der Waals surface area contributed by atoms with Crippen molar-refractivity contribution in [2.75, 3.05) is 19.8 Å². The smallest absolute Gasteiger partial charge is 0.228 e. The molecule has 0 spiro atoms. The number of thiocarbonyl (C=S) groups is 1. The average Bonchev–Trinajstić information content (AvgIpc) is 2.41. The van der Waals surface area contributed by atoms with Crippen molar-refractivity contribution in [3.05, 3.63) is 12.2 Å². The van der Waals surface area contributed by atoms with Crippen LogP contribution in [0.5, 0.6) is 0 Å². The van der Waals surface area contributed by atoms with Crippen LogP contribution in [-0.4, -0.2) is 40.1 Å². The molecule has 0 aliphatic rings. The Morgan fingerprint density at radius 3 is 2.30 bits per heavy atom. The molecule has 0 aromatic rings. The molecule has 0 fully saturated rings. The van der Waals surface area contributed by atoms with Gasteiger partial charge in [0.1, 0.15) is 0 Å². The van der Waals surface area contributed by atoms with E-state index < -0.39 is 5.54 Å². The number of hydrogen-bond acceptors (Lipinski definition) is 4. The molecule has 0 aliphatic heterocycles. The van der Waals surface area contributed by atoms with E-state index in [1.807, 2.05) is 25.7 Å². The van der Waals surface area contributed by atoms with Crippen molar-refractivity contribution < 1.29 is 4.79 Å². The van der Waals surface area contributed by atoms with Crippen LogP contribution in [0.1, 0.15) is 40.0 Å².